The average Bonchev–Trinajstić information content (AvgIpc) is 3.23. The van der Waals surface area contributed by atoms with E-state index in [9.17, 15) is 9.18 Å². The number of fused-ring (bicyclic) bond motifs is 1. The van der Waals surface area contributed by atoms with Gasteiger partial charge in [0.1, 0.15) is 22.3 Å². The Morgan fingerprint density at radius 2 is 1.89 bits per heavy atom. The number of rotatable bonds is 4. The minimum atomic E-state index is -0.415. The maximum atomic E-state index is 14.3. The summed E-state index contributed by atoms with van der Waals surface area (Å²) >= 11 is 1.29. The first-order chi connectivity index (χ1) is 13.1. The highest BCUT2D eigenvalue weighted by Gasteiger charge is 2.26. The van der Waals surface area contributed by atoms with Crippen molar-refractivity contribution in [3.63, 3.8) is 0 Å². The van der Waals surface area contributed by atoms with Crippen LogP contribution in [0.4, 0.5) is 4.39 Å². The summed E-state index contributed by atoms with van der Waals surface area (Å²) in [5.41, 5.74) is 3.18. The van der Waals surface area contributed by atoms with E-state index in [4.69, 9.17) is 4.74 Å². The number of nitrogens with one attached hydrogen (secondary N) is 1. The minimum absolute atomic E-state index is 0.0578. The van der Waals surface area contributed by atoms with E-state index >= 15 is 0 Å². The van der Waals surface area contributed by atoms with Crippen LogP contribution in [0.2, 0.25) is 0 Å². The van der Waals surface area contributed by atoms with Gasteiger partial charge in [-0.2, -0.15) is 0 Å². The van der Waals surface area contributed by atoms with Crippen molar-refractivity contribution in [3.8, 4) is 16.3 Å². The van der Waals surface area contributed by atoms with Crippen molar-refractivity contribution in [1.29, 1.82) is 0 Å². The van der Waals surface area contributed by atoms with Crippen LogP contribution in [0.3, 0.4) is 0 Å². The number of benzene rings is 2. The van der Waals surface area contributed by atoms with Crippen LogP contribution in [0.15, 0.2) is 42.5 Å². The van der Waals surface area contributed by atoms with Gasteiger partial charge in [0.05, 0.1) is 12.7 Å². The summed E-state index contributed by atoms with van der Waals surface area (Å²) in [7, 11) is 1.49. The molecule has 1 aromatic heterocycles. The molecule has 0 unspecified atom stereocenters. The fraction of sp³-hybridized carbons (Fsp3) is 0.238. The van der Waals surface area contributed by atoms with Crippen molar-refractivity contribution in [3.05, 3.63) is 70.0 Å². The van der Waals surface area contributed by atoms with Gasteiger partial charge in [-0.25, -0.2) is 9.37 Å². The fourth-order valence-electron chi connectivity index (χ4n) is 3.51. The lowest BCUT2D eigenvalue weighted by molar-refractivity contribution is 0.0933. The monoisotopic (exact) mass is 382 g/mol. The summed E-state index contributed by atoms with van der Waals surface area (Å²) in [5, 5.41) is 3.52. The van der Waals surface area contributed by atoms with E-state index in [1.54, 1.807) is 12.1 Å². The summed E-state index contributed by atoms with van der Waals surface area (Å²) in [4.78, 5) is 17.9. The number of hydrogen-bond donors (Lipinski definition) is 1. The van der Waals surface area contributed by atoms with Crippen molar-refractivity contribution in [1.82, 2.24) is 10.3 Å². The molecule has 0 saturated carbocycles. The van der Waals surface area contributed by atoms with Crippen LogP contribution in [-0.2, 0) is 12.8 Å². The molecule has 1 heterocycles. The molecule has 4 nitrogen and oxygen atoms in total. The molecule has 0 spiro atoms. The summed E-state index contributed by atoms with van der Waals surface area (Å²) in [5.74, 6) is -0.230. The van der Waals surface area contributed by atoms with E-state index < -0.39 is 5.82 Å². The second-order valence-corrected chi connectivity index (χ2v) is 7.79. The van der Waals surface area contributed by atoms with Crippen molar-refractivity contribution < 1.29 is 13.9 Å². The number of amides is 1. The van der Waals surface area contributed by atoms with Gasteiger partial charge in [0.15, 0.2) is 0 Å². The maximum Gasteiger partial charge on any atom is 0.271 e. The number of thiazole rings is 1. The quantitative estimate of drug-likeness (QED) is 0.737. The number of ether oxygens (including phenoxy) is 1. The molecule has 0 radical (unpaired) electrons. The lowest BCUT2D eigenvalue weighted by Gasteiger charge is -2.11. The highest BCUT2D eigenvalue weighted by atomic mass is 32.1. The molecule has 2 aromatic carbocycles. The second kappa shape index (κ2) is 7.12. The van der Waals surface area contributed by atoms with Gasteiger partial charge in [-0.15, -0.1) is 11.3 Å². The predicted octanol–water partition coefficient (Wildman–Crippen LogP) is 4.16. The highest BCUT2D eigenvalue weighted by molar-refractivity contribution is 7.15. The Morgan fingerprint density at radius 3 is 2.56 bits per heavy atom. The molecule has 0 bridgehead atoms. The lowest BCUT2D eigenvalue weighted by atomic mass is 10.1. The van der Waals surface area contributed by atoms with Crippen LogP contribution in [0.5, 0.6) is 5.75 Å². The van der Waals surface area contributed by atoms with Crippen LogP contribution < -0.4 is 10.1 Å². The number of hydrogen-bond acceptors (Lipinski definition) is 4. The van der Waals surface area contributed by atoms with Gasteiger partial charge < -0.3 is 10.1 Å². The van der Waals surface area contributed by atoms with E-state index in [1.165, 1.54) is 35.6 Å². The topological polar surface area (TPSA) is 51.2 Å². The highest BCUT2D eigenvalue weighted by Crippen LogP contribution is 2.36. The van der Waals surface area contributed by atoms with Crippen LogP contribution >= 0.6 is 11.3 Å². The Labute approximate surface area is 161 Å². The molecule has 138 valence electrons. The molecular formula is C21H19FN2O2S. The Morgan fingerprint density at radius 1 is 1.19 bits per heavy atom. The minimum Gasteiger partial charge on any atom is -0.496 e. The third-order valence-corrected chi connectivity index (χ3v) is 5.80. The first kappa shape index (κ1) is 17.7. The smallest absolute Gasteiger partial charge is 0.271 e. The molecule has 1 aliphatic carbocycles. The molecule has 6 heteroatoms. The Kier molecular flexibility index (Phi) is 4.66. The van der Waals surface area contributed by atoms with Gasteiger partial charge >= 0.3 is 0 Å². The Balaban J connectivity index is 1.57. The molecule has 1 N–H and O–H groups in total. The SMILES string of the molecule is COc1cccc(F)c1-c1nc(C(=O)NC2Cc3ccccc3C2)c(C)s1. The zero-order chi connectivity index (χ0) is 19.0. The molecule has 0 aliphatic heterocycles. The number of aromatic nitrogens is 1. The normalized spacial score (nSPS) is 13.4. The van der Waals surface area contributed by atoms with Gasteiger partial charge in [-0.05, 0) is 43.0 Å². The van der Waals surface area contributed by atoms with Crippen molar-refractivity contribution in [2.45, 2.75) is 25.8 Å². The third-order valence-electron chi connectivity index (χ3n) is 4.81. The summed E-state index contributed by atoms with van der Waals surface area (Å²) in [6.45, 7) is 1.83. The molecule has 1 aliphatic rings. The predicted molar refractivity (Wildman–Crippen MR) is 104 cm³/mol. The largest absolute Gasteiger partial charge is 0.496 e. The van der Waals surface area contributed by atoms with Crippen molar-refractivity contribution in [2.75, 3.05) is 7.11 Å². The fourth-order valence-corrected chi connectivity index (χ4v) is 4.47. The summed E-state index contributed by atoms with van der Waals surface area (Å²) < 4.78 is 19.6. The molecule has 4 rings (SSSR count). The van der Waals surface area contributed by atoms with Gasteiger partial charge in [0, 0.05) is 10.9 Å². The Hall–Kier alpha value is -2.73. The second-order valence-electron chi connectivity index (χ2n) is 6.59. The number of carbonyl (C=O) groups excluding carboxylic acids is 1. The summed E-state index contributed by atoms with van der Waals surface area (Å²) in [6, 6.07) is 12.9. The number of halogens is 1. The van der Waals surface area contributed by atoms with Gasteiger partial charge in [0.2, 0.25) is 0 Å². The van der Waals surface area contributed by atoms with Crippen molar-refractivity contribution >= 4 is 17.2 Å². The standard InChI is InChI=1S/C21H19FN2O2S/c1-12-19(20(25)23-15-10-13-6-3-4-7-14(13)11-15)24-21(27-12)18-16(22)8-5-9-17(18)26-2/h3-9,15H,10-11H2,1-2H3,(H,23,25). The van der Waals surface area contributed by atoms with Crippen molar-refractivity contribution in [2.24, 2.45) is 0 Å². The zero-order valence-electron chi connectivity index (χ0n) is 15.1. The molecule has 3 aromatic rings. The Bertz CT molecular complexity index is 990. The van der Waals surface area contributed by atoms with E-state index in [-0.39, 0.29) is 11.9 Å². The van der Waals surface area contributed by atoms with E-state index in [0.717, 1.165) is 17.7 Å². The first-order valence-electron chi connectivity index (χ1n) is 8.74. The van der Waals surface area contributed by atoms with Crippen LogP contribution in [0.1, 0.15) is 26.5 Å². The number of nitrogens with zero attached hydrogens (tertiary/aromatic N) is 1. The molecular weight excluding hydrogens is 363 g/mol. The number of aryl methyl sites for hydroxylation is 1. The molecule has 1 amide bonds. The third kappa shape index (κ3) is 3.32. The molecule has 0 saturated heterocycles. The van der Waals surface area contributed by atoms with Gasteiger partial charge in [-0.3, -0.25) is 4.79 Å². The van der Waals surface area contributed by atoms with Gasteiger partial charge in [0.25, 0.3) is 5.91 Å². The molecule has 27 heavy (non-hydrogen) atoms. The molecule has 0 fully saturated rings. The molecule has 0 atom stereocenters. The van der Waals surface area contributed by atoms with Crippen LogP contribution in [0, 0.1) is 12.7 Å². The van der Waals surface area contributed by atoms with E-state index in [1.807, 2.05) is 19.1 Å². The van der Waals surface area contributed by atoms with Crippen LogP contribution in [-0.4, -0.2) is 24.0 Å². The van der Waals surface area contributed by atoms with Gasteiger partial charge in [-0.1, -0.05) is 30.3 Å². The summed E-state index contributed by atoms with van der Waals surface area (Å²) in [6.07, 6.45) is 1.64. The van der Waals surface area contributed by atoms with Crippen LogP contribution in [0.25, 0.3) is 10.6 Å². The first-order valence-corrected chi connectivity index (χ1v) is 9.56. The number of methoxy groups -OCH3 is 1. The average molecular weight is 382 g/mol. The van der Waals surface area contributed by atoms with E-state index in [0.29, 0.717) is 22.0 Å². The zero-order valence-corrected chi connectivity index (χ0v) is 15.9. The maximum absolute atomic E-state index is 14.3. The van der Waals surface area contributed by atoms with E-state index in [2.05, 4.69) is 22.4 Å². The lowest BCUT2D eigenvalue weighted by Crippen LogP contribution is -2.35. The number of carbonyl (C=O) groups is 1.